The van der Waals surface area contributed by atoms with Crippen LogP contribution in [-0.2, 0) is 0 Å². The Hall–Kier alpha value is -1.37. The Kier molecular flexibility index (Phi) is 3.78. The summed E-state index contributed by atoms with van der Waals surface area (Å²) < 4.78 is 0. The SMILES string of the molecule is CC(c1ccc(C#N)cc1)N(C)C1CC2CCC(C1)N2. The van der Waals surface area contributed by atoms with E-state index in [0.717, 1.165) is 17.6 Å². The van der Waals surface area contributed by atoms with Gasteiger partial charge >= 0.3 is 0 Å². The molecule has 2 bridgehead atoms. The van der Waals surface area contributed by atoms with Crippen molar-refractivity contribution >= 4 is 0 Å². The maximum atomic E-state index is 8.88. The molecule has 0 saturated carbocycles. The van der Waals surface area contributed by atoms with Crippen molar-refractivity contribution in [1.29, 1.82) is 5.26 Å². The molecular formula is C17H23N3. The van der Waals surface area contributed by atoms with Gasteiger partial charge in [-0.25, -0.2) is 0 Å². The minimum atomic E-state index is 0.408. The van der Waals surface area contributed by atoms with Crippen LogP contribution in [0.1, 0.15) is 49.8 Å². The number of rotatable bonds is 3. The van der Waals surface area contributed by atoms with Gasteiger partial charge in [0.1, 0.15) is 0 Å². The maximum absolute atomic E-state index is 8.88. The van der Waals surface area contributed by atoms with E-state index in [2.05, 4.69) is 42.4 Å². The van der Waals surface area contributed by atoms with Crippen molar-refractivity contribution in [3.8, 4) is 6.07 Å². The lowest BCUT2D eigenvalue weighted by Gasteiger charge is -2.39. The average Bonchev–Trinajstić information content (AvgIpc) is 2.84. The van der Waals surface area contributed by atoms with Crippen LogP contribution in [0, 0.1) is 11.3 Å². The smallest absolute Gasteiger partial charge is 0.0991 e. The molecule has 0 spiro atoms. The van der Waals surface area contributed by atoms with Gasteiger partial charge in [-0.15, -0.1) is 0 Å². The van der Waals surface area contributed by atoms with E-state index < -0.39 is 0 Å². The normalized spacial score (nSPS) is 30.2. The Morgan fingerprint density at radius 1 is 1.20 bits per heavy atom. The highest BCUT2D eigenvalue weighted by Crippen LogP contribution is 2.32. The zero-order valence-electron chi connectivity index (χ0n) is 12.3. The van der Waals surface area contributed by atoms with Crippen molar-refractivity contribution in [2.24, 2.45) is 0 Å². The van der Waals surface area contributed by atoms with Crippen LogP contribution in [0.5, 0.6) is 0 Å². The van der Waals surface area contributed by atoms with Crippen LogP contribution < -0.4 is 5.32 Å². The molecule has 0 aromatic heterocycles. The average molecular weight is 269 g/mol. The third-order valence-corrected chi connectivity index (χ3v) is 5.16. The molecule has 0 radical (unpaired) electrons. The second-order valence-corrected chi connectivity index (χ2v) is 6.34. The van der Waals surface area contributed by atoms with Crippen LogP contribution >= 0.6 is 0 Å². The Bertz CT molecular complexity index is 490. The lowest BCUT2D eigenvalue weighted by Crippen LogP contribution is -2.47. The van der Waals surface area contributed by atoms with Crippen LogP contribution in [-0.4, -0.2) is 30.1 Å². The van der Waals surface area contributed by atoms with Gasteiger partial charge in [0.15, 0.2) is 0 Å². The van der Waals surface area contributed by atoms with Gasteiger partial charge in [-0.2, -0.15) is 5.26 Å². The minimum absolute atomic E-state index is 0.408. The van der Waals surface area contributed by atoms with E-state index in [-0.39, 0.29) is 0 Å². The summed E-state index contributed by atoms with van der Waals surface area (Å²) in [5.41, 5.74) is 2.04. The summed E-state index contributed by atoms with van der Waals surface area (Å²) in [6, 6.07) is 12.8. The molecule has 0 aliphatic carbocycles. The lowest BCUT2D eigenvalue weighted by molar-refractivity contribution is 0.132. The number of hydrogen-bond acceptors (Lipinski definition) is 3. The topological polar surface area (TPSA) is 39.1 Å². The standard InChI is InChI=1S/C17H23N3/c1-12(14-5-3-13(11-18)4-6-14)20(2)17-9-15-7-8-16(10-17)19-15/h3-6,12,15-17,19H,7-10H2,1-2H3. The molecule has 3 atom stereocenters. The van der Waals surface area contributed by atoms with Gasteiger partial charge in [-0.3, -0.25) is 4.90 Å². The fourth-order valence-electron chi connectivity index (χ4n) is 3.75. The zero-order valence-corrected chi connectivity index (χ0v) is 12.3. The highest BCUT2D eigenvalue weighted by Gasteiger charge is 2.36. The van der Waals surface area contributed by atoms with Gasteiger partial charge in [-0.1, -0.05) is 12.1 Å². The van der Waals surface area contributed by atoms with Crippen molar-refractivity contribution in [3.05, 3.63) is 35.4 Å². The van der Waals surface area contributed by atoms with Gasteiger partial charge in [-0.05, 0) is 57.4 Å². The van der Waals surface area contributed by atoms with Gasteiger partial charge in [0.2, 0.25) is 0 Å². The molecule has 3 unspecified atom stereocenters. The molecule has 1 N–H and O–H groups in total. The summed E-state index contributed by atoms with van der Waals surface area (Å²) in [6.07, 6.45) is 5.24. The van der Waals surface area contributed by atoms with E-state index >= 15 is 0 Å². The molecule has 1 aromatic rings. The summed E-state index contributed by atoms with van der Waals surface area (Å²) in [5.74, 6) is 0. The lowest BCUT2D eigenvalue weighted by atomic mass is 9.95. The van der Waals surface area contributed by atoms with Crippen molar-refractivity contribution < 1.29 is 0 Å². The summed E-state index contributed by atoms with van der Waals surface area (Å²) in [5, 5.41) is 12.6. The first-order valence-corrected chi connectivity index (χ1v) is 7.65. The third kappa shape index (κ3) is 2.59. The molecule has 2 aliphatic heterocycles. The second-order valence-electron chi connectivity index (χ2n) is 6.34. The Morgan fingerprint density at radius 3 is 2.35 bits per heavy atom. The number of nitrogens with zero attached hydrogens (tertiary/aromatic N) is 2. The van der Waals surface area contributed by atoms with E-state index in [1.807, 2.05) is 12.1 Å². The fraction of sp³-hybridized carbons (Fsp3) is 0.588. The number of piperidine rings is 1. The molecule has 1 aromatic carbocycles. The molecule has 0 amide bonds. The highest BCUT2D eigenvalue weighted by atomic mass is 15.2. The first-order valence-electron chi connectivity index (χ1n) is 7.65. The number of benzene rings is 1. The predicted molar refractivity (Wildman–Crippen MR) is 80.3 cm³/mol. The molecule has 2 fully saturated rings. The zero-order chi connectivity index (χ0) is 14.1. The van der Waals surface area contributed by atoms with Crippen molar-refractivity contribution in [2.75, 3.05) is 7.05 Å². The number of nitrogens with one attached hydrogen (secondary N) is 1. The highest BCUT2D eigenvalue weighted by molar-refractivity contribution is 5.32. The molecule has 20 heavy (non-hydrogen) atoms. The molecule has 106 valence electrons. The first kappa shape index (κ1) is 13.6. The van der Waals surface area contributed by atoms with Gasteiger partial charge in [0, 0.05) is 24.2 Å². The summed E-state index contributed by atoms with van der Waals surface area (Å²) in [7, 11) is 2.25. The third-order valence-electron chi connectivity index (χ3n) is 5.16. The predicted octanol–water partition coefficient (Wildman–Crippen LogP) is 2.83. The summed E-state index contributed by atoms with van der Waals surface area (Å²) >= 11 is 0. The Morgan fingerprint density at radius 2 is 1.80 bits per heavy atom. The van der Waals surface area contributed by atoms with Crippen LogP contribution in [0.15, 0.2) is 24.3 Å². The Balaban J connectivity index is 1.69. The van der Waals surface area contributed by atoms with E-state index in [1.54, 1.807) is 0 Å². The first-order chi connectivity index (χ1) is 9.67. The molecule has 2 saturated heterocycles. The summed E-state index contributed by atoms with van der Waals surface area (Å²) in [6.45, 7) is 2.27. The number of hydrogen-bond donors (Lipinski definition) is 1. The Labute approximate surface area is 121 Å². The molecule has 3 heteroatoms. The molecule has 3 nitrogen and oxygen atoms in total. The largest absolute Gasteiger partial charge is 0.311 e. The van der Waals surface area contributed by atoms with Crippen molar-refractivity contribution in [2.45, 2.75) is 56.8 Å². The van der Waals surface area contributed by atoms with Crippen LogP contribution in [0.2, 0.25) is 0 Å². The van der Waals surface area contributed by atoms with Crippen molar-refractivity contribution in [3.63, 3.8) is 0 Å². The minimum Gasteiger partial charge on any atom is -0.311 e. The summed E-state index contributed by atoms with van der Waals surface area (Å²) in [4.78, 5) is 2.52. The molecule has 2 heterocycles. The van der Waals surface area contributed by atoms with E-state index in [9.17, 15) is 0 Å². The monoisotopic (exact) mass is 269 g/mol. The fourth-order valence-corrected chi connectivity index (χ4v) is 3.75. The van der Waals surface area contributed by atoms with Gasteiger partial charge in [0.25, 0.3) is 0 Å². The number of nitriles is 1. The van der Waals surface area contributed by atoms with Crippen LogP contribution in [0.4, 0.5) is 0 Å². The van der Waals surface area contributed by atoms with Gasteiger partial charge < -0.3 is 5.32 Å². The quantitative estimate of drug-likeness (QED) is 0.917. The van der Waals surface area contributed by atoms with Crippen LogP contribution in [0.3, 0.4) is 0 Å². The van der Waals surface area contributed by atoms with E-state index in [4.69, 9.17) is 5.26 Å². The maximum Gasteiger partial charge on any atom is 0.0991 e. The van der Waals surface area contributed by atoms with Crippen molar-refractivity contribution in [1.82, 2.24) is 10.2 Å². The second kappa shape index (κ2) is 5.55. The van der Waals surface area contributed by atoms with E-state index in [1.165, 1.54) is 31.2 Å². The van der Waals surface area contributed by atoms with Crippen LogP contribution in [0.25, 0.3) is 0 Å². The van der Waals surface area contributed by atoms with E-state index in [0.29, 0.717) is 12.1 Å². The molecular weight excluding hydrogens is 246 g/mol. The van der Waals surface area contributed by atoms with Gasteiger partial charge in [0.05, 0.1) is 11.6 Å². The number of fused-ring (bicyclic) bond motifs is 2. The molecule has 3 rings (SSSR count). The molecule has 2 aliphatic rings.